The van der Waals surface area contributed by atoms with Crippen molar-refractivity contribution in [2.75, 3.05) is 11.9 Å². The van der Waals surface area contributed by atoms with Crippen LogP contribution in [0.2, 0.25) is 0 Å². The van der Waals surface area contributed by atoms with Crippen molar-refractivity contribution in [2.24, 2.45) is 0 Å². The molecule has 1 aliphatic rings. The molecule has 0 saturated heterocycles. The average molecular weight is 392 g/mol. The fourth-order valence-corrected chi connectivity index (χ4v) is 3.22. The quantitative estimate of drug-likeness (QED) is 0.845. The molecule has 0 saturated carbocycles. The summed E-state index contributed by atoms with van der Waals surface area (Å²) in [6.45, 7) is 1.54. The minimum atomic E-state index is -0.409. The number of para-hydroxylation sites is 1. The maximum absolute atomic E-state index is 13.9. The molecule has 1 amide bonds. The molecule has 6 heteroatoms. The number of ketones is 1. The fourth-order valence-electron chi connectivity index (χ4n) is 2.84. The molecule has 124 valence electrons. The van der Waals surface area contributed by atoms with E-state index in [0.717, 1.165) is 4.47 Å². The summed E-state index contributed by atoms with van der Waals surface area (Å²) < 4.78 is 20.2. The zero-order chi connectivity index (χ0) is 17.3. The van der Waals surface area contributed by atoms with Crippen LogP contribution in [0.3, 0.4) is 0 Å². The summed E-state index contributed by atoms with van der Waals surface area (Å²) in [6.07, 6.45) is 0.260. The summed E-state index contributed by atoms with van der Waals surface area (Å²) in [5, 5.41) is 2.71. The Morgan fingerprint density at radius 3 is 2.83 bits per heavy atom. The van der Waals surface area contributed by atoms with Crippen LogP contribution in [0, 0.1) is 5.82 Å². The minimum absolute atomic E-state index is 0.154. The van der Waals surface area contributed by atoms with Crippen LogP contribution in [0.25, 0.3) is 0 Å². The van der Waals surface area contributed by atoms with Crippen LogP contribution in [0.15, 0.2) is 40.9 Å². The molecule has 2 aromatic rings. The van der Waals surface area contributed by atoms with Crippen LogP contribution in [0.1, 0.15) is 35.2 Å². The van der Waals surface area contributed by atoms with E-state index in [1.54, 1.807) is 19.1 Å². The molecule has 1 atom stereocenters. The lowest BCUT2D eigenvalue weighted by atomic mass is 10.0. The van der Waals surface area contributed by atoms with E-state index in [0.29, 0.717) is 11.3 Å². The number of hydrogen-bond acceptors (Lipinski definition) is 3. The number of Topliss-reactive ketones (excluding diaryl/α,β-unsaturated/α-hetero) is 1. The van der Waals surface area contributed by atoms with Gasteiger partial charge in [-0.1, -0.05) is 19.1 Å². The van der Waals surface area contributed by atoms with Gasteiger partial charge in [0.15, 0.2) is 12.4 Å². The molecular formula is C18H15BrFNO3. The van der Waals surface area contributed by atoms with Crippen molar-refractivity contribution in [2.45, 2.75) is 19.3 Å². The number of carbonyl (C=O) groups excluding carboxylic acids is 2. The van der Waals surface area contributed by atoms with Crippen molar-refractivity contribution in [3.05, 3.63) is 57.8 Å². The first-order chi connectivity index (χ1) is 11.5. The standard InChI is InChI=1S/C18H15BrFNO3/c1-10-8-14(22)18-15(7-6-12(20)17(10)18)24-9-16(23)21-13-5-3-2-4-11(13)19/h2-7,10H,8-9H2,1H3,(H,21,23)/t10-/m0/s1. The number of hydrogen-bond donors (Lipinski definition) is 1. The highest BCUT2D eigenvalue weighted by atomic mass is 79.9. The summed E-state index contributed by atoms with van der Waals surface area (Å²) in [7, 11) is 0. The minimum Gasteiger partial charge on any atom is -0.483 e. The SMILES string of the molecule is C[C@H]1CC(=O)c2c(OCC(=O)Nc3ccccc3Br)ccc(F)c21. The molecule has 0 spiro atoms. The van der Waals surface area contributed by atoms with Crippen LogP contribution in [-0.2, 0) is 4.79 Å². The largest absolute Gasteiger partial charge is 0.483 e. The number of benzene rings is 2. The Balaban J connectivity index is 1.73. The van der Waals surface area contributed by atoms with Gasteiger partial charge < -0.3 is 10.1 Å². The maximum atomic E-state index is 13.9. The van der Waals surface area contributed by atoms with Gasteiger partial charge in [-0.05, 0) is 46.1 Å². The second kappa shape index (κ2) is 6.73. The maximum Gasteiger partial charge on any atom is 0.262 e. The zero-order valence-electron chi connectivity index (χ0n) is 12.9. The summed E-state index contributed by atoms with van der Waals surface area (Å²) in [5.41, 5.74) is 1.26. The van der Waals surface area contributed by atoms with Crippen molar-refractivity contribution in [1.29, 1.82) is 0 Å². The van der Waals surface area contributed by atoms with E-state index in [4.69, 9.17) is 4.74 Å². The third-order valence-corrected chi connectivity index (χ3v) is 4.62. The molecule has 0 bridgehead atoms. The Bertz CT molecular complexity index is 822. The lowest BCUT2D eigenvalue weighted by Crippen LogP contribution is -2.21. The molecule has 4 nitrogen and oxygen atoms in total. The second-order valence-corrected chi connectivity index (χ2v) is 6.53. The summed E-state index contributed by atoms with van der Waals surface area (Å²) >= 11 is 3.34. The van der Waals surface area contributed by atoms with Crippen molar-refractivity contribution in [3.8, 4) is 5.75 Å². The summed E-state index contributed by atoms with van der Waals surface area (Å²) in [5.74, 6) is -0.849. The van der Waals surface area contributed by atoms with Crippen LogP contribution < -0.4 is 10.1 Å². The highest BCUT2D eigenvalue weighted by molar-refractivity contribution is 9.10. The molecule has 0 aromatic heterocycles. The van der Waals surface area contributed by atoms with Gasteiger partial charge in [-0.3, -0.25) is 9.59 Å². The van der Waals surface area contributed by atoms with E-state index in [1.807, 2.05) is 12.1 Å². The van der Waals surface area contributed by atoms with Crippen LogP contribution in [0.5, 0.6) is 5.75 Å². The molecular weight excluding hydrogens is 377 g/mol. The third-order valence-electron chi connectivity index (χ3n) is 3.92. The van der Waals surface area contributed by atoms with Crippen molar-refractivity contribution >= 4 is 33.3 Å². The topological polar surface area (TPSA) is 55.4 Å². The van der Waals surface area contributed by atoms with Gasteiger partial charge in [-0.15, -0.1) is 0 Å². The Hall–Kier alpha value is -2.21. The highest BCUT2D eigenvalue weighted by Gasteiger charge is 2.32. The number of anilines is 1. The number of fused-ring (bicyclic) bond motifs is 1. The lowest BCUT2D eigenvalue weighted by molar-refractivity contribution is -0.118. The first-order valence-corrected chi connectivity index (χ1v) is 8.29. The van der Waals surface area contributed by atoms with Gasteiger partial charge in [0, 0.05) is 16.5 Å². The van der Waals surface area contributed by atoms with Gasteiger partial charge in [0.05, 0.1) is 11.3 Å². The number of ether oxygens (including phenoxy) is 1. The van der Waals surface area contributed by atoms with Crippen molar-refractivity contribution < 1.29 is 18.7 Å². The van der Waals surface area contributed by atoms with Crippen LogP contribution in [0.4, 0.5) is 10.1 Å². The van der Waals surface area contributed by atoms with Gasteiger partial charge in [0.1, 0.15) is 11.6 Å². The number of rotatable bonds is 4. The molecule has 0 heterocycles. The number of halogens is 2. The van der Waals surface area contributed by atoms with E-state index in [2.05, 4.69) is 21.2 Å². The molecule has 1 N–H and O–H groups in total. The normalized spacial score (nSPS) is 16.0. The van der Waals surface area contributed by atoms with E-state index < -0.39 is 5.82 Å². The number of amides is 1. The Labute approximate surface area is 147 Å². The van der Waals surface area contributed by atoms with Gasteiger partial charge in [-0.2, -0.15) is 0 Å². The number of carbonyl (C=O) groups is 2. The predicted molar refractivity (Wildman–Crippen MR) is 92.0 cm³/mol. The molecule has 0 radical (unpaired) electrons. The van der Waals surface area contributed by atoms with E-state index in [1.165, 1.54) is 12.1 Å². The number of nitrogens with one attached hydrogen (secondary N) is 1. The van der Waals surface area contributed by atoms with Crippen molar-refractivity contribution in [3.63, 3.8) is 0 Å². The Morgan fingerprint density at radius 2 is 2.08 bits per heavy atom. The highest BCUT2D eigenvalue weighted by Crippen LogP contribution is 2.39. The van der Waals surface area contributed by atoms with Crippen LogP contribution >= 0.6 is 15.9 Å². The first kappa shape index (κ1) is 16.6. The first-order valence-electron chi connectivity index (χ1n) is 7.50. The van der Waals surface area contributed by atoms with Gasteiger partial charge in [-0.25, -0.2) is 4.39 Å². The smallest absolute Gasteiger partial charge is 0.262 e. The molecule has 0 aliphatic heterocycles. The molecule has 0 fully saturated rings. The van der Waals surface area contributed by atoms with Gasteiger partial charge in [0.25, 0.3) is 5.91 Å². The summed E-state index contributed by atoms with van der Waals surface area (Å²) in [4.78, 5) is 24.1. The van der Waals surface area contributed by atoms with E-state index >= 15 is 0 Å². The monoisotopic (exact) mass is 391 g/mol. The zero-order valence-corrected chi connectivity index (χ0v) is 14.5. The van der Waals surface area contributed by atoms with Crippen molar-refractivity contribution in [1.82, 2.24) is 0 Å². The molecule has 0 unspecified atom stereocenters. The Kier molecular flexibility index (Phi) is 4.66. The fraction of sp³-hybridized carbons (Fsp3) is 0.222. The van der Waals surface area contributed by atoms with Crippen LogP contribution in [-0.4, -0.2) is 18.3 Å². The molecule has 1 aliphatic carbocycles. The average Bonchev–Trinajstić information content (AvgIpc) is 2.85. The van der Waals surface area contributed by atoms with E-state index in [-0.39, 0.29) is 41.9 Å². The molecule has 3 rings (SSSR count). The third kappa shape index (κ3) is 3.19. The molecule has 24 heavy (non-hydrogen) atoms. The van der Waals surface area contributed by atoms with E-state index in [9.17, 15) is 14.0 Å². The van der Waals surface area contributed by atoms with Gasteiger partial charge in [0.2, 0.25) is 0 Å². The summed E-state index contributed by atoms with van der Waals surface area (Å²) in [6, 6.07) is 9.87. The lowest BCUT2D eigenvalue weighted by Gasteiger charge is -2.12. The predicted octanol–water partition coefficient (Wildman–Crippen LogP) is 4.30. The van der Waals surface area contributed by atoms with Gasteiger partial charge >= 0.3 is 0 Å². The second-order valence-electron chi connectivity index (χ2n) is 5.68. The Morgan fingerprint density at radius 1 is 1.33 bits per heavy atom. The molecule has 2 aromatic carbocycles.